The van der Waals surface area contributed by atoms with E-state index in [0.29, 0.717) is 12.1 Å². The molecule has 0 saturated carbocycles. The highest BCUT2D eigenvalue weighted by molar-refractivity contribution is 6.06. The summed E-state index contributed by atoms with van der Waals surface area (Å²) in [5.74, 6) is -5.91. The molecular weight excluding hydrogens is 363 g/mol. The van der Waals surface area contributed by atoms with E-state index >= 15 is 0 Å². The van der Waals surface area contributed by atoms with E-state index in [-0.39, 0.29) is 12.2 Å². The largest absolute Gasteiger partial charge is 0.326 e. The van der Waals surface area contributed by atoms with Crippen molar-refractivity contribution in [2.24, 2.45) is 0 Å². The van der Waals surface area contributed by atoms with Crippen LogP contribution in [0.15, 0.2) is 42.5 Å². The minimum Gasteiger partial charge on any atom is -0.326 e. The Bertz CT molecular complexity index is 882. The van der Waals surface area contributed by atoms with Gasteiger partial charge in [0.15, 0.2) is 17.5 Å². The predicted molar refractivity (Wildman–Crippen MR) is 88.9 cm³/mol. The molecule has 1 fully saturated rings. The minimum absolute atomic E-state index is 0.0536. The van der Waals surface area contributed by atoms with Gasteiger partial charge in [0.1, 0.15) is 6.04 Å². The highest BCUT2D eigenvalue weighted by Gasteiger charge is 2.39. The molecule has 1 aliphatic rings. The maximum atomic E-state index is 13.2. The number of anilines is 1. The van der Waals surface area contributed by atoms with Crippen molar-refractivity contribution in [2.45, 2.75) is 19.0 Å². The summed E-state index contributed by atoms with van der Waals surface area (Å²) >= 11 is 0. The zero-order valence-electron chi connectivity index (χ0n) is 13.8. The minimum atomic E-state index is -1.65. The average Bonchev–Trinajstić information content (AvgIpc) is 2.88. The van der Waals surface area contributed by atoms with Crippen LogP contribution < -0.4 is 10.6 Å². The Morgan fingerprint density at radius 1 is 1.07 bits per heavy atom. The van der Waals surface area contributed by atoms with Gasteiger partial charge in [0, 0.05) is 17.8 Å². The first kappa shape index (κ1) is 18.4. The Morgan fingerprint density at radius 3 is 2.33 bits per heavy atom. The van der Waals surface area contributed by atoms with Gasteiger partial charge in [-0.15, -0.1) is 0 Å². The standard InChI is InChI=1S/C18H14F3N3O3/c19-12-6-11(7-13(20)16(12)21)22-15(25)8-14-17(26)24(18(27)23-14)9-10-4-2-1-3-5-10/h1-7,14H,8-9H2,(H,22,25)(H,23,27). The van der Waals surface area contributed by atoms with Crippen LogP contribution in [-0.2, 0) is 16.1 Å². The van der Waals surface area contributed by atoms with Gasteiger partial charge in [-0.05, 0) is 5.56 Å². The first-order valence-corrected chi connectivity index (χ1v) is 7.95. The van der Waals surface area contributed by atoms with Crippen molar-refractivity contribution >= 4 is 23.5 Å². The molecule has 0 aromatic heterocycles. The second-order valence-corrected chi connectivity index (χ2v) is 5.92. The van der Waals surface area contributed by atoms with E-state index in [1.165, 1.54) is 0 Å². The number of imide groups is 1. The van der Waals surface area contributed by atoms with Crippen molar-refractivity contribution < 1.29 is 27.6 Å². The highest BCUT2D eigenvalue weighted by Crippen LogP contribution is 2.19. The van der Waals surface area contributed by atoms with Crippen molar-refractivity contribution in [2.75, 3.05) is 5.32 Å². The molecule has 9 heteroatoms. The number of carbonyl (C=O) groups excluding carboxylic acids is 3. The number of carbonyl (C=O) groups is 3. The molecule has 2 N–H and O–H groups in total. The molecule has 0 spiro atoms. The normalized spacial score (nSPS) is 16.4. The predicted octanol–water partition coefficient (Wildman–Crippen LogP) is 2.55. The summed E-state index contributed by atoms with van der Waals surface area (Å²) in [6.45, 7) is 0.0536. The fraction of sp³-hybridized carbons (Fsp3) is 0.167. The molecule has 2 aromatic rings. The summed E-state index contributed by atoms with van der Waals surface area (Å²) in [4.78, 5) is 37.3. The Morgan fingerprint density at radius 2 is 1.70 bits per heavy atom. The molecule has 1 heterocycles. The van der Waals surface area contributed by atoms with Gasteiger partial charge in [-0.3, -0.25) is 14.5 Å². The molecule has 2 aromatic carbocycles. The van der Waals surface area contributed by atoms with Crippen LogP contribution in [-0.4, -0.2) is 28.8 Å². The van der Waals surface area contributed by atoms with Gasteiger partial charge in [-0.25, -0.2) is 18.0 Å². The van der Waals surface area contributed by atoms with Crippen LogP contribution in [0.5, 0.6) is 0 Å². The lowest BCUT2D eigenvalue weighted by Gasteiger charge is -2.13. The number of hydrogen-bond donors (Lipinski definition) is 2. The van der Waals surface area contributed by atoms with Gasteiger partial charge < -0.3 is 10.6 Å². The number of benzene rings is 2. The second kappa shape index (κ2) is 7.48. The molecular formula is C18H14F3N3O3. The van der Waals surface area contributed by atoms with E-state index in [9.17, 15) is 27.6 Å². The number of halogens is 3. The molecule has 0 radical (unpaired) electrons. The van der Waals surface area contributed by atoms with E-state index in [1.807, 2.05) is 0 Å². The van der Waals surface area contributed by atoms with Crippen molar-refractivity contribution in [3.63, 3.8) is 0 Å². The summed E-state index contributed by atoms with van der Waals surface area (Å²) in [6, 6.07) is 8.32. The third kappa shape index (κ3) is 4.08. The van der Waals surface area contributed by atoms with Crippen LogP contribution in [0.3, 0.4) is 0 Å². The third-order valence-electron chi connectivity index (χ3n) is 3.95. The Labute approximate surface area is 152 Å². The van der Waals surface area contributed by atoms with E-state index in [4.69, 9.17) is 0 Å². The van der Waals surface area contributed by atoms with Gasteiger partial charge in [-0.1, -0.05) is 30.3 Å². The number of nitrogens with one attached hydrogen (secondary N) is 2. The van der Waals surface area contributed by atoms with Gasteiger partial charge in [0.25, 0.3) is 5.91 Å². The lowest BCUT2D eigenvalue weighted by atomic mass is 10.1. The van der Waals surface area contributed by atoms with Crippen LogP contribution in [0.4, 0.5) is 23.7 Å². The topological polar surface area (TPSA) is 78.5 Å². The van der Waals surface area contributed by atoms with Gasteiger partial charge in [0.05, 0.1) is 13.0 Å². The Kier molecular flexibility index (Phi) is 5.11. The summed E-state index contributed by atoms with van der Waals surface area (Å²) < 4.78 is 39.3. The van der Waals surface area contributed by atoms with Gasteiger partial charge in [-0.2, -0.15) is 0 Å². The number of rotatable bonds is 5. The van der Waals surface area contributed by atoms with Crippen LogP contribution >= 0.6 is 0 Å². The number of amides is 4. The fourth-order valence-corrected chi connectivity index (χ4v) is 2.66. The van der Waals surface area contributed by atoms with Crippen molar-refractivity contribution in [3.05, 3.63) is 65.5 Å². The number of nitrogens with zero attached hydrogens (tertiary/aromatic N) is 1. The molecule has 4 amide bonds. The van der Waals surface area contributed by atoms with Crippen molar-refractivity contribution in [1.29, 1.82) is 0 Å². The zero-order chi connectivity index (χ0) is 19.6. The van der Waals surface area contributed by atoms with E-state index in [0.717, 1.165) is 10.5 Å². The average molecular weight is 377 g/mol. The fourth-order valence-electron chi connectivity index (χ4n) is 2.66. The molecule has 1 atom stereocenters. The number of hydrogen-bond acceptors (Lipinski definition) is 3. The van der Waals surface area contributed by atoms with Crippen molar-refractivity contribution in [3.8, 4) is 0 Å². The van der Waals surface area contributed by atoms with Gasteiger partial charge in [0.2, 0.25) is 5.91 Å². The third-order valence-corrected chi connectivity index (χ3v) is 3.95. The summed E-state index contributed by atoms with van der Waals surface area (Å²) in [5, 5.41) is 4.56. The SMILES string of the molecule is O=C(CC1NC(=O)N(Cc2ccccc2)C1=O)Nc1cc(F)c(F)c(F)c1. The Hall–Kier alpha value is -3.36. The van der Waals surface area contributed by atoms with Crippen molar-refractivity contribution in [1.82, 2.24) is 10.2 Å². The van der Waals surface area contributed by atoms with Gasteiger partial charge >= 0.3 is 6.03 Å². The maximum Gasteiger partial charge on any atom is 0.325 e. The van der Waals surface area contributed by atoms with E-state index < -0.39 is 47.8 Å². The van der Waals surface area contributed by atoms with Crippen LogP contribution in [0, 0.1) is 17.5 Å². The molecule has 27 heavy (non-hydrogen) atoms. The lowest BCUT2D eigenvalue weighted by Crippen LogP contribution is -2.34. The first-order chi connectivity index (χ1) is 12.8. The molecule has 3 rings (SSSR count). The molecule has 1 unspecified atom stereocenters. The monoisotopic (exact) mass is 377 g/mol. The van der Waals surface area contributed by atoms with Crippen LogP contribution in [0.25, 0.3) is 0 Å². The molecule has 140 valence electrons. The maximum absolute atomic E-state index is 13.2. The molecule has 0 aliphatic carbocycles. The zero-order valence-corrected chi connectivity index (χ0v) is 13.8. The summed E-state index contributed by atoms with van der Waals surface area (Å²) in [6.07, 6.45) is -0.434. The summed E-state index contributed by atoms with van der Waals surface area (Å²) in [7, 11) is 0. The Balaban J connectivity index is 1.63. The molecule has 0 bridgehead atoms. The highest BCUT2D eigenvalue weighted by atomic mass is 19.2. The lowest BCUT2D eigenvalue weighted by molar-refractivity contribution is -0.130. The van der Waals surface area contributed by atoms with E-state index in [1.54, 1.807) is 30.3 Å². The van der Waals surface area contributed by atoms with E-state index in [2.05, 4.69) is 10.6 Å². The summed E-state index contributed by atoms with van der Waals surface area (Å²) in [5.41, 5.74) is 0.442. The second-order valence-electron chi connectivity index (χ2n) is 5.92. The van der Waals surface area contributed by atoms with Crippen LogP contribution in [0.2, 0.25) is 0 Å². The molecule has 6 nitrogen and oxygen atoms in total. The number of urea groups is 1. The molecule has 1 saturated heterocycles. The first-order valence-electron chi connectivity index (χ1n) is 7.95. The quantitative estimate of drug-likeness (QED) is 0.621. The van der Waals surface area contributed by atoms with Crippen LogP contribution in [0.1, 0.15) is 12.0 Å². The molecule has 1 aliphatic heterocycles. The smallest absolute Gasteiger partial charge is 0.325 e.